The van der Waals surface area contributed by atoms with Gasteiger partial charge in [-0.3, -0.25) is 4.99 Å². The lowest BCUT2D eigenvalue weighted by atomic mass is 9.97. The van der Waals surface area contributed by atoms with Crippen molar-refractivity contribution in [1.29, 1.82) is 0 Å². The van der Waals surface area contributed by atoms with Crippen LogP contribution in [0.4, 0.5) is 0 Å². The molecule has 1 unspecified atom stereocenters. The quantitative estimate of drug-likeness (QED) is 0.713. The molecule has 0 bridgehead atoms. The predicted molar refractivity (Wildman–Crippen MR) is 99.6 cm³/mol. The van der Waals surface area contributed by atoms with Gasteiger partial charge in [0.15, 0.2) is 0 Å². The lowest BCUT2D eigenvalue weighted by molar-refractivity contribution is 0.0751. The van der Waals surface area contributed by atoms with Crippen LogP contribution in [-0.2, 0) is 4.74 Å². The van der Waals surface area contributed by atoms with Crippen molar-refractivity contribution in [3.8, 4) is 0 Å². The summed E-state index contributed by atoms with van der Waals surface area (Å²) in [7, 11) is 0. The van der Waals surface area contributed by atoms with Crippen LogP contribution in [-0.4, -0.2) is 37.0 Å². The van der Waals surface area contributed by atoms with E-state index in [-0.39, 0.29) is 6.10 Å². The Labute approximate surface area is 145 Å². The summed E-state index contributed by atoms with van der Waals surface area (Å²) in [6.45, 7) is 7.99. The Hall–Kier alpha value is -2.13. The van der Waals surface area contributed by atoms with Gasteiger partial charge in [-0.05, 0) is 37.0 Å². The molecule has 0 amide bonds. The molecule has 0 spiro atoms. The van der Waals surface area contributed by atoms with Crippen LogP contribution in [0.2, 0.25) is 0 Å². The Kier molecular flexibility index (Phi) is 5.65. The maximum atomic E-state index is 6.32. The molecule has 0 aliphatic carbocycles. The van der Waals surface area contributed by atoms with E-state index in [9.17, 15) is 0 Å². The smallest absolute Gasteiger partial charge is 0.108 e. The van der Waals surface area contributed by atoms with E-state index in [0.29, 0.717) is 0 Å². The van der Waals surface area contributed by atoms with Crippen molar-refractivity contribution in [3.05, 3.63) is 71.3 Å². The first kappa shape index (κ1) is 16.7. The highest BCUT2D eigenvalue weighted by atomic mass is 16.5. The number of amidine groups is 1. The van der Waals surface area contributed by atoms with Crippen molar-refractivity contribution in [3.63, 3.8) is 0 Å². The molecular formula is C21H26N2O. The van der Waals surface area contributed by atoms with Crippen LogP contribution in [0.25, 0.3) is 0 Å². The summed E-state index contributed by atoms with van der Waals surface area (Å²) in [5.41, 5.74) is 3.74. The topological polar surface area (TPSA) is 24.8 Å². The van der Waals surface area contributed by atoms with E-state index in [1.54, 1.807) is 0 Å². The van der Waals surface area contributed by atoms with Crippen molar-refractivity contribution in [1.82, 2.24) is 4.90 Å². The Balaban J connectivity index is 1.65. The normalized spacial score (nSPS) is 15.4. The van der Waals surface area contributed by atoms with E-state index in [4.69, 9.17) is 4.74 Å². The van der Waals surface area contributed by atoms with Crippen LogP contribution < -0.4 is 0 Å². The van der Waals surface area contributed by atoms with Gasteiger partial charge in [-0.15, -0.1) is 0 Å². The number of hydrogen-bond acceptors (Lipinski definition) is 3. The monoisotopic (exact) mass is 322 g/mol. The third kappa shape index (κ3) is 4.04. The minimum Gasteiger partial charge on any atom is -0.369 e. The average molecular weight is 322 g/mol. The highest BCUT2D eigenvalue weighted by Gasteiger charge is 2.17. The van der Waals surface area contributed by atoms with Gasteiger partial charge in [0.25, 0.3) is 0 Å². The van der Waals surface area contributed by atoms with E-state index in [1.165, 1.54) is 16.7 Å². The summed E-state index contributed by atoms with van der Waals surface area (Å²) in [5.74, 6) is 1.16. The number of aliphatic imine (C=N–C) groups is 1. The third-order valence-electron chi connectivity index (χ3n) is 4.60. The molecule has 0 saturated carbocycles. The SMILES string of the molecule is CC1=NCCN1CCCOC(c1ccccc1)c1ccccc1C. The average Bonchev–Trinajstić information content (AvgIpc) is 3.02. The number of aryl methyl sites for hydroxylation is 1. The highest BCUT2D eigenvalue weighted by molar-refractivity contribution is 5.81. The van der Waals surface area contributed by atoms with Crippen molar-refractivity contribution >= 4 is 5.84 Å². The molecular weight excluding hydrogens is 296 g/mol. The fourth-order valence-corrected chi connectivity index (χ4v) is 3.20. The fourth-order valence-electron chi connectivity index (χ4n) is 3.20. The first-order valence-corrected chi connectivity index (χ1v) is 8.74. The van der Waals surface area contributed by atoms with E-state index in [1.807, 2.05) is 6.07 Å². The molecule has 1 aliphatic heterocycles. The summed E-state index contributed by atoms with van der Waals surface area (Å²) in [6, 6.07) is 19.0. The van der Waals surface area contributed by atoms with Crippen molar-refractivity contribution < 1.29 is 4.74 Å². The zero-order valence-electron chi connectivity index (χ0n) is 14.6. The molecule has 1 heterocycles. The zero-order valence-corrected chi connectivity index (χ0v) is 14.6. The van der Waals surface area contributed by atoms with Crippen LogP contribution in [0, 0.1) is 6.92 Å². The summed E-state index contributed by atoms with van der Waals surface area (Å²) >= 11 is 0. The largest absolute Gasteiger partial charge is 0.369 e. The number of hydrogen-bond donors (Lipinski definition) is 0. The first-order chi connectivity index (χ1) is 11.8. The maximum absolute atomic E-state index is 6.32. The van der Waals surface area contributed by atoms with Crippen LogP contribution in [0.5, 0.6) is 0 Å². The molecule has 24 heavy (non-hydrogen) atoms. The fraction of sp³-hybridized carbons (Fsp3) is 0.381. The summed E-state index contributed by atoms with van der Waals surface area (Å²) in [4.78, 5) is 6.78. The molecule has 3 rings (SSSR count). The van der Waals surface area contributed by atoms with Crippen molar-refractivity contribution in [2.75, 3.05) is 26.2 Å². The molecule has 126 valence electrons. The van der Waals surface area contributed by atoms with E-state index >= 15 is 0 Å². The van der Waals surface area contributed by atoms with Gasteiger partial charge in [-0.25, -0.2) is 0 Å². The zero-order chi connectivity index (χ0) is 16.8. The Morgan fingerprint density at radius 1 is 1.04 bits per heavy atom. The lowest BCUT2D eigenvalue weighted by Crippen LogP contribution is -2.27. The Bertz CT molecular complexity index is 681. The molecule has 0 fully saturated rings. The first-order valence-electron chi connectivity index (χ1n) is 8.74. The van der Waals surface area contributed by atoms with Gasteiger partial charge in [-0.1, -0.05) is 54.6 Å². The van der Waals surface area contributed by atoms with Gasteiger partial charge in [0.1, 0.15) is 6.10 Å². The molecule has 0 N–H and O–H groups in total. The summed E-state index contributed by atoms with van der Waals surface area (Å²) in [6.07, 6.45) is 1.02. The molecule has 3 nitrogen and oxygen atoms in total. The number of benzene rings is 2. The molecule has 0 saturated heterocycles. The number of ether oxygens (including phenoxy) is 1. The maximum Gasteiger partial charge on any atom is 0.108 e. The molecule has 0 aromatic heterocycles. The standard InChI is InChI=1S/C21H26N2O/c1-17-9-6-7-12-20(17)21(19-10-4-3-5-11-19)24-16-8-14-23-15-13-22-18(23)2/h3-7,9-12,21H,8,13-16H2,1-2H3. The Morgan fingerprint density at radius 3 is 2.50 bits per heavy atom. The van der Waals surface area contributed by atoms with Crippen LogP contribution >= 0.6 is 0 Å². The lowest BCUT2D eigenvalue weighted by Gasteiger charge is -2.22. The predicted octanol–water partition coefficient (Wildman–Crippen LogP) is 4.23. The minimum absolute atomic E-state index is 0.000687. The van der Waals surface area contributed by atoms with Gasteiger partial charge < -0.3 is 9.64 Å². The van der Waals surface area contributed by atoms with Gasteiger partial charge in [0, 0.05) is 19.7 Å². The van der Waals surface area contributed by atoms with E-state index in [0.717, 1.165) is 38.5 Å². The molecule has 1 atom stereocenters. The van der Waals surface area contributed by atoms with E-state index < -0.39 is 0 Å². The number of rotatable bonds is 7. The molecule has 2 aromatic rings. The second kappa shape index (κ2) is 8.11. The van der Waals surface area contributed by atoms with Gasteiger partial charge in [-0.2, -0.15) is 0 Å². The second-order valence-corrected chi connectivity index (χ2v) is 6.29. The second-order valence-electron chi connectivity index (χ2n) is 6.29. The van der Waals surface area contributed by atoms with Crippen LogP contribution in [0.3, 0.4) is 0 Å². The van der Waals surface area contributed by atoms with Crippen LogP contribution in [0.1, 0.15) is 36.1 Å². The van der Waals surface area contributed by atoms with Crippen LogP contribution in [0.15, 0.2) is 59.6 Å². The molecule has 1 aliphatic rings. The van der Waals surface area contributed by atoms with Crippen molar-refractivity contribution in [2.45, 2.75) is 26.4 Å². The Morgan fingerprint density at radius 2 is 1.79 bits per heavy atom. The van der Waals surface area contributed by atoms with Gasteiger partial charge >= 0.3 is 0 Å². The summed E-state index contributed by atoms with van der Waals surface area (Å²) < 4.78 is 6.32. The molecule has 3 heteroatoms. The number of nitrogens with zero attached hydrogens (tertiary/aromatic N) is 2. The highest BCUT2D eigenvalue weighted by Crippen LogP contribution is 2.28. The van der Waals surface area contributed by atoms with E-state index in [2.05, 4.69) is 72.3 Å². The van der Waals surface area contributed by atoms with Gasteiger partial charge in [0.2, 0.25) is 0 Å². The van der Waals surface area contributed by atoms with Gasteiger partial charge in [0.05, 0.1) is 12.4 Å². The summed E-state index contributed by atoms with van der Waals surface area (Å²) in [5, 5.41) is 0. The minimum atomic E-state index is 0.000687. The third-order valence-corrected chi connectivity index (χ3v) is 4.60. The molecule has 2 aromatic carbocycles. The van der Waals surface area contributed by atoms with Crippen molar-refractivity contribution in [2.24, 2.45) is 4.99 Å². The molecule has 0 radical (unpaired) electrons.